The fraction of sp³-hybridized carbons (Fsp3) is 0. The van der Waals surface area contributed by atoms with E-state index in [9.17, 15) is 0 Å². The fourth-order valence-corrected chi connectivity index (χ4v) is 0. The molecule has 0 spiro atoms. The first-order chi connectivity index (χ1) is 1.73. The van der Waals surface area contributed by atoms with Gasteiger partial charge in [-0.05, 0) is 0 Å². The molecule has 4 heavy (non-hydrogen) atoms. The van der Waals surface area contributed by atoms with E-state index in [0.29, 0.717) is 0 Å². The van der Waals surface area contributed by atoms with Crippen LogP contribution >= 0.6 is 0 Å². The molecule has 3 nitrogen and oxygen atoms in total. The quantitative estimate of drug-likeness (QED) is 0.438. The van der Waals surface area contributed by atoms with Crippen molar-refractivity contribution in [2.45, 2.75) is 0 Å². The minimum absolute atomic E-state index is 3.61. The summed E-state index contributed by atoms with van der Waals surface area (Å²) in [5, 5.41) is 0. The van der Waals surface area contributed by atoms with Gasteiger partial charge in [-0.2, -0.15) is 0 Å². The van der Waals surface area contributed by atoms with Gasteiger partial charge in [-0.15, -0.1) is 0 Å². The third kappa shape index (κ3) is 22.0. The first kappa shape index (κ1) is 4.51. The Balaban J connectivity index is 2.80. The molecule has 0 aliphatic rings. The molecule has 0 atom stereocenters. The van der Waals surface area contributed by atoms with Gasteiger partial charge in [0.15, 0.2) is 0 Å². The van der Waals surface area contributed by atoms with E-state index < -0.39 is 20.4 Å². The standard InChI is InChI=1S/H2O3Te/c1-4(2)3/h(H2,1,2,3). The van der Waals surface area contributed by atoms with E-state index in [-0.39, 0.29) is 0 Å². The van der Waals surface area contributed by atoms with Gasteiger partial charge in [0.2, 0.25) is 0 Å². The van der Waals surface area contributed by atoms with Crippen LogP contribution in [0.5, 0.6) is 0 Å². The van der Waals surface area contributed by atoms with Crippen LogP contribution in [0.3, 0.4) is 0 Å². The zero-order valence-electron chi connectivity index (χ0n) is 1.71. The molecule has 0 aromatic carbocycles. The summed E-state index contributed by atoms with van der Waals surface area (Å²) in [4.78, 5) is 0. The second-order valence-electron chi connectivity index (χ2n) is 0.231. The van der Waals surface area contributed by atoms with Gasteiger partial charge in [0.1, 0.15) is 0 Å². The van der Waals surface area contributed by atoms with E-state index in [1.807, 2.05) is 0 Å². The molecule has 26 valence electrons. The zero-order chi connectivity index (χ0) is 3.58. The molecule has 0 aliphatic carbocycles. The average molecular weight is 178 g/mol. The van der Waals surface area contributed by atoms with Gasteiger partial charge in [0, 0.05) is 0 Å². The Bertz CT molecular complexity index is 26.3. The Morgan fingerprint density at radius 3 is 1.50 bits per heavy atom. The predicted molar refractivity (Wildman–Crippen MR) is 10.9 cm³/mol. The summed E-state index contributed by atoms with van der Waals surface area (Å²) in [5.41, 5.74) is 0. The second-order valence-corrected chi connectivity index (χ2v) is 1.55. The molecular formula is H2O3Te. The van der Waals surface area contributed by atoms with E-state index in [0.717, 1.165) is 0 Å². The van der Waals surface area contributed by atoms with Crippen molar-refractivity contribution in [3.63, 3.8) is 0 Å². The third-order valence-electron chi connectivity index (χ3n) is 0. The maximum atomic E-state index is 8.81. The molecule has 0 rings (SSSR count). The van der Waals surface area contributed by atoms with Crippen LogP contribution in [-0.4, -0.2) is 27.3 Å². The summed E-state index contributed by atoms with van der Waals surface area (Å²) in [5.74, 6) is 0. The van der Waals surface area contributed by atoms with Crippen molar-refractivity contribution in [2.75, 3.05) is 0 Å². The summed E-state index contributed by atoms with van der Waals surface area (Å²) in [6.45, 7) is 0. The van der Waals surface area contributed by atoms with Crippen molar-refractivity contribution in [1.29, 1.82) is 0 Å². The number of hydrogen-bond donors (Lipinski definition) is 2. The van der Waals surface area contributed by atoms with Crippen LogP contribution in [0.15, 0.2) is 0 Å². The Kier molecular flexibility index (Phi) is 2.02. The van der Waals surface area contributed by atoms with E-state index in [1.54, 1.807) is 0 Å². The van der Waals surface area contributed by atoms with Gasteiger partial charge >= 0.3 is 30.4 Å². The molecule has 0 radical (unpaired) electrons. The second kappa shape index (κ2) is 1.79. The van der Waals surface area contributed by atoms with E-state index >= 15 is 0 Å². The minimum atomic E-state index is -3.61. The van der Waals surface area contributed by atoms with Crippen molar-refractivity contribution in [1.82, 2.24) is 0 Å². The Labute approximate surface area is 31.0 Å². The summed E-state index contributed by atoms with van der Waals surface area (Å²) >= 11 is -3.61. The summed E-state index contributed by atoms with van der Waals surface area (Å²) in [6, 6.07) is 0. The molecule has 0 bridgehead atoms. The van der Waals surface area contributed by atoms with Crippen molar-refractivity contribution < 1.29 is 10.0 Å². The molecule has 0 aromatic rings. The Morgan fingerprint density at radius 2 is 1.50 bits per heavy atom. The van der Waals surface area contributed by atoms with Crippen LogP contribution in [0.1, 0.15) is 0 Å². The van der Waals surface area contributed by atoms with E-state index in [2.05, 4.69) is 0 Å². The summed E-state index contributed by atoms with van der Waals surface area (Å²) in [6.07, 6.45) is 0. The van der Waals surface area contributed by atoms with Crippen LogP contribution in [0, 0.1) is 0 Å². The molecule has 0 amide bonds. The zero-order valence-corrected chi connectivity index (χ0v) is 4.04. The topological polar surface area (TPSA) is 57.5 Å². The molecule has 0 unspecified atom stereocenters. The van der Waals surface area contributed by atoms with Crippen LogP contribution < -0.4 is 0 Å². The third-order valence-corrected chi connectivity index (χ3v) is 0. The van der Waals surface area contributed by atoms with Crippen LogP contribution in [0.4, 0.5) is 0 Å². The monoisotopic (exact) mass is 180 g/mol. The molecule has 0 aromatic heterocycles. The first-order valence-corrected chi connectivity index (χ1v) is 3.57. The van der Waals surface area contributed by atoms with Gasteiger partial charge in [0.05, 0.1) is 0 Å². The van der Waals surface area contributed by atoms with Gasteiger partial charge in [0.25, 0.3) is 0 Å². The molecule has 0 saturated carbocycles. The van der Waals surface area contributed by atoms with Gasteiger partial charge < -0.3 is 0 Å². The predicted octanol–water partition coefficient (Wildman–Crippen LogP) is -1.61. The van der Waals surface area contributed by atoms with Crippen LogP contribution in [0.25, 0.3) is 0 Å². The van der Waals surface area contributed by atoms with Crippen LogP contribution in [-0.2, 0) is 3.10 Å². The number of hydrogen-bond acceptors (Lipinski definition) is 1. The van der Waals surface area contributed by atoms with Gasteiger partial charge in [-0.25, -0.2) is 0 Å². The fourth-order valence-electron chi connectivity index (χ4n) is 0. The molecule has 0 heterocycles. The molecular weight excluding hydrogens is 176 g/mol. The molecule has 0 fully saturated rings. The van der Waals surface area contributed by atoms with Crippen molar-refractivity contribution in [3.05, 3.63) is 0 Å². The summed E-state index contributed by atoms with van der Waals surface area (Å²) in [7, 11) is 0. The SMILES string of the molecule is O=[Te](O)O. The van der Waals surface area contributed by atoms with Crippen molar-refractivity contribution >= 4 is 20.4 Å². The molecule has 0 saturated heterocycles. The number of rotatable bonds is 0. The van der Waals surface area contributed by atoms with Crippen LogP contribution in [0.2, 0.25) is 0 Å². The van der Waals surface area contributed by atoms with Crippen molar-refractivity contribution in [3.8, 4) is 0 Å². The van der Waals surface area contributed by atoms with E-state index in [4.69, 9.17) is 10.0 Å². The maximum absolute atomic E-state index is 8.81. The normalized spacial score (nSPS) is 8.75. The van der Waals surface area contributed by atoms with Gasteiger partial charge in [-0.1, -0.05) is 0 Å². The molecule has 2 N–H and O–H groups in total. The Morgan fingerprint density at radius 1 is 1.50 bits per heavy atom. The Hall–Kier alpha value is 0.510. The summed E-state index contributed by atoms with van der Waals surface area (Å²) < 4.78 is 23.3. The average Bonchev–Trinajstić information content (AvgIpc) is 0.811. The van der Waals surface area contributed by atoms with E-state index in [1.165, 1.54) is 0 Å². The van der Waals surface area contributed by atoms with Crippen molar-refractivity contribution in [2.24, 2.45) is 0 Å². The molecule has 4 heteroatoms. The van der Waals surface area contributed by atoms with Gasteiger partial charge in [-0.3, -0.25) is 0 Å². The molecule has 0 aliphatic heterocycles. The first-order valence-electron chi connectivity index (χ1n) is 0.532.